The predicted octanol–water partition coefficient (Wildman–Crippen LogP) is 5.98. The van der Waals surface area contributed by atoms with Crippen LogP contribution in [0.25, 0.3) is 10.8 Å². The summed E-state index contributed by atoms with van der Waals surface area (Å²) in [6.45, 7) is 3.32. The number of halogens is 1. The highest BCUT2D eigenvalue weighted by molar-refractivity contribution is 9.10. The Hall–Kier alpha value is -1.02. The van der Waals surface area contributed by atoms with Crippen molar-refractivity contribution in [3.05, 3.63) is 40.9 Å². The molecule has 0 atom stereocenters. The lowest BCUT2D eigenvalue weighted by molar-refractivity contribution is 0.645. The molecule has 0 fully saturated rings. The molecule has 0 aliphatic carbocycles. The summed E-state index contributed by atoms with van der Waals surface area (Å²) in [5.41, 5.74) is 1.24. The molecule has 0 aliphatic heterocycles. The molecule has 2 rings (SSSR count). The molecule has 0 aliphatic rings. The van der Waals surface area contributed by atoms with Crippen LogP contribution in [0, 0.1) is 0 Å². The van der Waals surface area contributed by atoms with Crippen LogP contribution in [0.15, 0.2) is 40.9 Å². The molecule has 0 unspecified atom stereocenters. The van der Waals surface area contributed by atoms with Gasteiger partial charge in [0.05, 0.1) is 0 Å². The highest BCUT2D eigenvalue weighted by Crippen LogP contribution is 2.29. The van der Waals surface area contributed by atoms with Crippen LogP contribution >= 0.6 is 15.9 Å². The average molecular weight is 320 g/mol. The number of anilines is 1. The largest absolute Gasteiger partial charge is 0.385 e. The van der Waals surface area contributed by atoms with Crippen LogP contribution in [0.5, 0.6) is 0 Å². The number of fused-ring (bicyclic) bond motifs is 1. The minimum Gasteiger partial charge on any atom is -0.385 e. The van der Waals surface area contributed by atoms with Crippen molar-refractivity contribution in [1.29, 1.82) is 0 Å². The van der Waals surface area contributed by atoms with Crippen LogP contribution in [0.2, 0.25) is 0 Å². The van der Waals surface area contributed by atoms with Crippen molar-refractivity contribution in [3.63, 3.8) is 0 Å². The number of unbranched alkanes of at least 4 members (excludes halogenated alkanes) is 4. The standard InChI is InChI=1S/C17H22BrN/c1-2-3-4-5-8-13-19-17-12-11-16(18)14-9-6-7-10-15(14)17/h6-7,9-12,19H,2-5,8,13H2,1H3. The fourth-order valence-corrected chi connectivity index (χ4v) is 2.85. The Balaban J connectivity index is 1.96. The Morgan fingerprint density at radius 3 is 2.42 bits per heavy atom. The normalized spacial score (nSPS) is 10.8. The van der Waals surface area contributed by atoms with Crippen LogP contribution in [-0.2, 0) is 0 Å². The molecule has 0 radical (unpaired) electrons. The maximum Gasteiger partial charge on any atom is 0.0420 e. The lowest BCUT2D eigenvalue weighted by Gasteiger charge is -2.11. The molecule has 1 N–H and O–H groups in total. The van der Waals surface area contributed by atoms with E-state index in [1.807, 2.05) is 0 Å². The Labute approximate surface area is 124 Å². The van der Waals surface area contributed by atoms with Gasteiger partial charge in [0.1, 0.15) is 0 Å². The zero-order valence-corrected chi connectivity index (χ0v) is 13.2. The molecular formula is C17H22BrN. The van der Waals surface area contributed by atoms with Crippen LogP contribution in [0.3, 0.4) is 0 Å². The lowest BCUT2D eigenvalue weighted by Crippen LogP contribution is -2.02. The third-order valence-corrected chi connectivity index (χ3v) is 4.16. The van der Waals surface area contributed by atoms with E-state index in [0.717, 1.165) is 11.0 Å². The molecule has 0 saturated carbocycles. The minimum atomic E-state index is 1.06. The SMILES string of the molecule is CCCCCCCNc1ccc(Br)c2ccccc12. The van der Waals surface area contributed by atoms with Crippen LogP contribution < -0.4 is 5.32 Å². The third kappa shape index (κ3) is 3.97. The summed E-state index contributed by atoms with van der Waals surface area (Å²) >= 11 is 3.61. The number of nitrogens with one attached hydrogen (secondary N) is 1. The maximum atomic E-state index is 3.61. The fourth-order valence-electron chi connectivity index (χ4n) is 2.37. The van der Waals surface area contributed by atoms with Gasteiger partial charge in [0, 0.05) is 22.1 Å². The molecule has 102 valence electrons. The van der Waals surface area contributed by atoms with Gasteiger partial charge in [-0.25, -0.2) is 0 Å². The van der Waals surface area contributed by atoms with Gasteiger partial charge in [-0.1, -0.05) is 72.8 Å². The van der Waals surface area contributed by atoms with Crippen molar-refractivity contribution in [2.24, 2.45) is 0 Å². The number of rotatable bonds is 7. The minimum absolute atomic E-state index is 1.06. The topological polar surface area (TPSA) is 12.0 Å². The molecule has 19 heavy (non-hydrogen) atoms. The molecule has 2 heteroatoms. The Kier molecular flexibility index (Phi) is 5.71. The molecular weight excluding hydrogens is 298 g/mol. The predicted molar refractivity (Wildman–Crippen MR) is 88.9 cm³/mol. The van der Waals surface area contributed by atoms with Crippen molar-refractivity contribution in [1.82, 2.24) is 0 Å². The van der Waals surface area contributed by atoms with Crippen molar-refractivity contribution >= 4 is 32.4 Å². The summed E-state index contributed by atoms with van der Waals surface area (Å²) in [7, 11) is 0. The van der Waals surface area contributed by atoms with Crippen molar-refractivity contribution < 1.29 is 0 Å². The second kappa shape index (κ2) is 7.54. The van der Waals surface area contributed by atoms with Crippen LogP contribution in [-0.4, -0.2) is 6.54 Å². The summed E-state index contributed by atoms with van der Waals surface area (Å²) in [5, 5.41) is 6.14. The van der Waals surface area contributed by atoms with Gasteiger partial charge in [0.25, 0.3) is 0 Å². The van der Waals surface area contributed by atoms with Gasteiger partial charge in [0.15, 0.2) is 0 Å². The third-order valence-electron chi connectivity index (χ3n) is 3.47. The first-order chi connectivity index (χ1) is 9.33. The summed E-state index contributed by atoms with van der Waals surface area (Å²) in [6, 6.07) is 12.8. The van der Waals surface area contributed by atoms with E-state index in [1.54, 1.807) is 0 Å². The van der Waals surface area contributed by atoms with Gasteiger partial charge in [-0.15, -0.1) is 0 Å². The highest BCUT2D eigenvalue weighted by atomic mass is 79.9. The molecule has 1 nitrogen and oxygen atoms in total. The first kappa shape index (κ1) is 14.4. The summed E-state index contributed by atoms with van der Waals surface area (Å²) in [6.07, 6.45) is 6.62. The highest BCUT2D eigenvalue weighted by Gasteiger charge is 2.02. The van der Waals surface area contributed by atoms with E-state index in [2.05, 4.69) is 64.6 Å². The fraction of sp³-hybridized carbons (Fsp3) is 0.412. The Bertz CT molecular complexity index is 522. The smallest absolute Gasteiger partial charge is 0.0420 e. The lowest BCUT2D eigenvalue weighted by atomic mass is 10.1. The van der Waals surface area contributed by atoms with Gasteiger partial charge >= 0.3 is 0 Å². The van der Waals surface area contributed by atoms with E-state index in [-0.39, 0.29) is 0 Å². The zero-order chi connectivity index (χ0) is 13.5. The first-order valence-corrected chi connectivity index (χ1v) is 8.03. The van der Waals surface area contributed by atoms with E-state index in [4.69, 9.17) is 0 Å². The molecule has 0 saturated heterocycles. The molecule has 0 bridgehead atoms. The van der Waals surface area contributed by atoms with E-state index in [1.165, 1.54) is 48.6 Å². The average Bonchev–Trinajstić information content (AvgIpc) is 2.45. The van der Waals surface area contributed by atoms with E-state index in [9.17, 15) is 0 Å². The van der Waals surface area contributed by atoms with Crippen LogP contribution in [0.4, 0.5) is 5.69 Å². The van der Waals surface area contributed by atoms with Crippen molar-refractivity contribution in [3.8, 4) is 0 Å². The van der Waals surface area contributed by atoms with Crippen molar-refractivity contribution in [2.75, 3.05) is 11.9 Å². The van der Waals surface area contributed by atoms with E-state index in [0.29, 0.717) is 0 Å². The van der Waals surface area contributed by atoms with E-state index >= 15 is 0 Å². The monoisotopic (exact) mass is 319 g/mol. The summed E-state index contributed by atoms with van der Waals surface area (Å²) in [4.78, 5) is 0. The van der Waals surface area contributed by atoms with Gasteiger partial charge in [-0.3, -0.25) is 0 Å². The van der Waals surface area contributed by atoms with Crippen LogP contribution in [0.1, 0.15) is 39.0 Å². The molecule has 2 aromatic rings. The molecule has 2 aromatic carbocycles. The first-order valence-electron chi connectivity index (χ1n) is 7.24. The maximum absolute atomic E-state index is 3.61. The molecule has 0 spiro atoms. The van der Waals surface area contributed by atoms with Crippen molar-refractivity contribution in [2.45, 2.75) is 39.0 Å². The molecule has 0 aromatic heterocycles. The summed E-state index contributed by atoms with van der Waals surface area (Å²) < 4.78 is 1.16. The Morgan fingerprint density at radius 2 is 1.63 bits per heavy atom. The molecule has 0 heterocycles. The summed E-state index contributed by atoms with van der Waals surface area (Å²) in [5.74, 6) is 0. The van der Waals surface area contributed by atoms with Gasteiger partial charge in [-0.05, 0) is 23.9 Å². The number of hydrogen-bond acceptors (Lipinski definition) is 1. The van der Waals surface area contributed by atoms with Gasteiger partial charge in [0.2, 0.25) is 0 Å². The zero-order valence-electron chi connectivity index (χ0n) is 11.6. The van der Waals surface area contributed by atoms with Gasteiger partial charge in [-0.2, -0.15) is 0 Å². The molecule has 0 amide bonds. The van der Waals surface area contributed by atoms with E-state index < -0.39 is 0 Å². The quantitative estimate of drug-likeness (QED) is 0.618. The Morgan fingerprint density at radius 1 is 0.895 bits per heavy atom. The van der Waals surface area contributed by atoms with Gasteiger partial charge < -0.3 is 5.32 Å². The number of benzene rings is 2. The second-order valence-electron chi connectivity index (χ2n) is 4.98. The number of hydrogen-bond donors (Lipinski definition) is 1. The second-order valence-corrected chi connectivity index (χ2v) is 5.84.